The Hall–Kier alpha value is -0.270. The summed E-state index contributed by atoms with van der Waals surface area (Å²) in [4.78, 5) is 11.5. The van der Waals surface area contributed by atoms with Crippen LogP contribution in [0.4, 0.5) is 0 Å². The van der Waals surface area contributed by atoms with E-state index in [9.17, 15) is 4.79 Å². The van der Waals surface area contributed by atoms with Crippen molar-refractivity contribution in [2.45, 2.75) is 35.0 Å². The van der Waals surface area contributed by atoms with Crippen molar-refractivity contribution in [3.63, 3.8) is 0 Å². The molecule has 1 amide bonds. The summed E-state index contributed by atoms with van der Waals surface area (Å²) in [6.07, 6.45) is 1.96. The zero-order chi connectivity index (χ0) is 12.2. The Bertz CT molecular complexity index is 359. The standard InChI is InChI=1S/C9H15N3OS3/c1-9(2,3)10-6(13)5-15-8-12-11-7(14-4)16-8/h5H2,1-4H3,(H,10,13). The van der Waals surface area contributed by atoms with Crippen molar-refractivity contribution >= 4 is 40.8 Å². The minimum absolute atomic E-state index is 0.0263. The molecule has 90 valence electrons. The summed E-state index contributed by atoms with van der Waals surface area (Å²) in [7, 11) is 0. The average molecular weight is 277 g/mol. The molecule has 7 heteroatoms. The smallest absolute Gasteiger partial charge is 0.230 e. The van der Waals surface area contributed by atoms with Crippen LogP contribution in [0.25, 0.3) is 0 Å². The van der Waals surface area contributed by atoms with Crippen LogP contribution in [0.15, 0.2) is 8.68 Å². The highest BCUT2D eigenvalue weighted by Crippen LogP contribution is 2.27. The highest BCUT2D eigenvalue weighted by molar-refractivity contribution is 8.03. The number of thioether (sulfide) groups is 2. The first kappa shape index (κ1) is 13.8. The van der Waals surface area contributed by atoms with Crippen LogP contribution in [-0.2, 0) is 4.79 Å². The number of carbonyl (C=O) groups is 1. The first-order valence-electron chi connectivity index (χ1n) is 4.72. The Morgan fingerprint density at radius 3 is 2.50 bits per heavy atom. The van der Waals surface area contributed by atoms with Gasteiger partial charge in [0.15, 0.2) is 8.68 Å². The van der Waals surface area contributed by atoms with E-state index in [4.69, 9.17) is 0 Å². The average Bonchev–Trinajstić information content (AvgIpc) is 2.59. The minimum atomic E-state index is -0.177. The molecule has 0 fully saturated rings. The molecule has 0 unspecified atom stereocenters. The van der Waals surface area contributed by atoms with Gasteiger partial charge in [-0.05, 0) is 27.0 Å². The number of hydrogen-bond acceptors (Lipinski definition) is 6. The molecule has 0 atom stereocenters. The van der Waals surface area contributed by atoms with E-state index in [1.807, 2.05) is 27.0 Å². The fraction of sp³-hybridized carbons (Fsp3) is 0.667. The van der Waals surface area contributed by atoms with E-state index in [-0.39, 0.29) is 11.4 Å². The van der Waals surface area contributed by atoms with Crippen molar-refractivity contribution in [1.82, 2.24) is 15.5 Å². The normalized spacial score (nSPS) is 11.5. The first-order chi connectivity index (χ1) is 7.40. The molecule has 1 N–H and O–H groups in total. The first-order valence-corrected chi connectivity index (χ1v) is 7.75. The molecule has 1 heterocycles. The molecule has 0 spiro atoms. The quantitative estimate of drug-likeness (QED) is 0.856. The minimum Gasteiger partial charge on any atom is -0.351 e. The molecule has 1 aromatic rings. The van der Waals surface area contributed by atoms with Gasteiger partial charge in [0.05, 0.1) is 5.75 Å². The van der Waals surface area contributed by atoms with Crippen molar-refractivity contribution < 1.29 is 4.79 Å². The summed E-state index contributed by atoms with van der Waals surface area (Å²) in [6, 6.07) is 0. The number of nitrogens with zero attached hydrogens (tertiary/aromatic N) is 2. The molecule has 0 aromatic carbocycles. The third-order valence-electron chi connectivity index (χ3n) is 1.40. The summed E-state index contributed by atoms with van der Waals surface area (Å²) in [5.74, 6) is 0.415. The number of amides is 1. The van der Waals surface area contributed by atoms with Gasteiger partial charge in [0, 0.05) is 5.54 Å². The van der Waals surface area contributed by atoms with Crippen molar-refractivity contribution in [1.29, 1.82) is 0 Å². The van der Waals surface area contributed by atoms with Crippen LogP contribution in [0, 0.1) is 0 Å². The van der Waals surface area contributed by atoms with Crippen LogP contribution in [0.2, 0.25) is 0 Å². The topological polar surface area (TPSA) is 54.9 Å². The number of rotatable bonds is 4. The lowest BCUT2D eigenvalue weighted by molar-refractivity contribution is -0.119. The van der Waals surface area contributed by atoms with E-state index >= 15 is 0 Å². The fourth-order valence-electron chi connectivity index (χ4n) is 0.920. The molecule has 0 aliphatic carbocycles. The lowest BCUT2D eigenvalue weighted by Gasteiger charge is -2.19. The summed E-state index contributed by atoms with van der Waals surface area (Å²) in [6.45, 7) is 5.89. The van der Waals surface area contributed by atoms with Crippen molar-refractivity contribution in [2.24, 2.45) is 0 Å². The fourth-order valence-corrected chi connectivity index (χ4v) is 3.16. The van der Waals surface area contributed by atoms with Crippen LogP contribution in [0.3, 0.4) is 0 Å². The molecule has 1 rings (SSSR count). The monoisotopic (exact) mass is 277 g/mol. The summed E-state index contributed by atoms with van der Waals surface area (Å²) < 4.78 is 1.77. The van der Waals surface area contributed by atoms with Crippen LogP contribution >= 0.6 is 34.9 Å². The molecule has 4 nitrogen and oxygen atoms in total. The second-order valence-corrected chi connectivity index (χ2v) is 7.38. The maximum Gasteiger partial charge on any atom is 0.230 e. The Kier molecular flexibility index (Phi) is 5.07. The predicted molar refractivity (Wildman–Crippen MR) is 70.3 cm³/mol. The highest BCUT2D eigenvalue weighted by atomic mass is 32.2. The molecule has 0 aliphatic heterocycles. The largest absolute Gasteiger partial charge is 0.351 e. The number of aromatic nitrogens is 2. The molecule has 0 saturated carbocycles. The SMILES string of the molecule is CSc1nnc(SCC(=O)NC(C)(C)C)s1. The van der Waals surface area contributed by atoms with E-state index in [0.717, 1.165) is 8.68 Å². The zero-order valence-corrected chi connectivity index (χ0v) is 12.2. The lowest BCUT2D eigenvalue weighted by atomic mass is 10.1. The van der Waals surface area contributed by atoms with E-state index < -0.39 is 0 Å². The number of nitrogens with one attached hydrogen (secondary N) is 1. The second-order valence-electron chi connectivity index (χ2n) is 4.12. The Balaban J connectivity index is 2.37. The zero-order valence-electron chi connectivity index (χ0n) is 9.73. The van der Waals surface area contributed by atoms with E-state index in [1.165, 1.54) is 23.1 Å². The third kappa shape index (κ3) is 5.18. The Morgan fingerprint density at radius 2 is 2.00 bits per heavy atom. The van der Waals surface area contributed by atoms with Crippen molar-refractivity contribution in [3.8, 4) is 0 Å². The molecule has 0 bridgehead atoms. The van der Waals surface area contributed by atoms with Gasteiger partial charge in [-0.15, -0.1) is 10.2 Å². The molecular weight excluding hydrogens is 262 g/mol. The second kappa shape index (κ2) is 5.88. The predicted octanol–water partition coefficient (Wildman–Crippen LogP) is 2.27. The summed E-state index contributed by atoms with van der Waals surface area (Å²) >= 11 is 4.51. The maximum absolute atomic E-state index is 11.5. The Labute approximate surface area is 108 Å². The van der Waals surface area contributed by atoms with Crippen LogP contribution in [0.1, 0.15) is 20.8 Å². The van der Waals surface area contributed by atoms with E-state index in [2.05, 4.69) is 15.5 Å². The summed E-state index contributed by atoms with van der Waals surface area (Å²) in [5.41, 5.74) is -0.177. The van der Waals surface area contributed by atoms with Gasteiger partial charge < -0.3 is 5.32 Å². The molecule has 0 aliphatic rings. The van der Waals surface area contributed by atoms with Gasteiger partial charge in [0.25, 0.3) is 0 Å². The van der Waals surface area contributed by atoms with Crippen LogP contribution in [-0.4, -0.2) is 33.7 Å². The maximum atomic E-state index is 11.5. The van der Waals surface area contributed by atoms with Gasteiger partial charge in [-0.1, -0.05) is 34.9 Å². The van der Waals surface area contributed by atoms with Crippen LogP contribution in [0.5, 0.6) is 0 Å². The molecule has 0 saturated heterocycles. The van der Waals surface area contributed by atoms with Gasteiger partial charge >= 0.3 is 0 Å². The highest BCUT2D eigenvalue weighted by Gasteiger charge is 2.14. The Morgan fingerprint density at radius 1 is 1.38 bits per heavy atom. The number of hydrogen-bond donors (Lipinski definition) is 1. The lowest BCUT2D eigenvalue weighted by Crippen LogP contribution is -2.41. The van der Waals surface area contributed by atoms with Gasteiger partial charge in [0.2, 0.25) is 5.91 Å². The molecule has 1 aromatic heterocycles. The van der Waals surface area contributed by atoms with Gasteiger partial charge in [-0.25, -0.2) is 0 Å². The summed E-state index contributed by atoms with van der Waals surface area (Å²) in [5, 5.41) is 10.9. The van der Waals surface area contributed by atoms with Gasteiger partial charge in [0.1, 0.15) is 0 Å². The third-order valence-corrected chi connectivity index (χ3v) is 4.44. The van der Waals surface area contributed by atoms with E-state index in [1.54, 1.807) is 11.8 Å². The van der Waals surface area contributed by atoms with E-state index in [0.29, 0.717) is 5.75 Å². The van der Waals surface area contributed by atoms with Crippen molar-refractivity contribution in [3.05, 3.63) is 0 Å². The molecule has 16 heavy (non-hydrogen) atoms. The van der Waals surface area contributed by atoms with Crippen LogP contribution < -0.4 is 5.32 Å². The van der Waals surface area contributed by atoms with Gasteiger partial charge in [-0.2, -0.15) is 0 Å². The van der Waals surface area contributed by atoms with Gasteiger partial charge in [-0.3, -0.25) is 4.79 Å². The van der Waals surface area contributed by atoms with Crippen molar-refractivity contribution in [2.75, 3.05) is 12.0 Å². The molecule has 0 radical (unpaired) electrons. The number of carbonyl (C=O) groups excluding carboxylic acids is 1. The molecular formula is C9H15N3OS3.